The third-order valence-electron chi connectivity index (χ3n) is 1.71. The van der Waals surface area contributed by atoms with Gasteiger partial charge in [0.05, 0.1) is 33.7 Å². The van der Waals surface area contributed by atoms with Gasteiger partial charge in [-0.25, -0.2) is 9.78 Å². The predicted octanol–water partition coefficient (Wildman–Crippen LogP) is 0.273. The summed E-state index contributed by atoms with van der Waals surface area (Å²) in [6.07, 6.45) is 2.91. The van der Waals surface area contributed by atoms with Crippen molar-refractivity contribution in [1.29, 1.82) is 0 Å². The molecule has 1 rings (SSSR count). The van der Waals surface area contributed by atoms with E-state index in [0.29, 0.717) is 12.3 Å². The maximum atomic E-state index is 11.3. The Morgan fingerprint density at radius 2 is 2.29 bits per heavy atom. The number of rotatable bonds is 4. The van der Waals surface area contributed by atoms with Crippen LogP contribution in [0.3, 0.4) is 0 Å². The summed E-state index contributed by atoms with van der Waals surface area (Å²) in [4.78, 5) is 17.7. The van der Waals surface area contributed by atoms with Crippen molar-refractivity contribution in [2.45, 2.75) is 0 Å². The van der Waals surface area contributed by atoms with Crippen LogP contribution in [0.5, 0.6) is 0 Å². The van der Waals surface area contributed by atoms with Crippen molar-refractivity contribution < 1.29 is 14.0 Å². The van der Waals surface area contributed by atoms with E-state index in [1.807, 2.05) is 21.1 Å². The van der Waals surface area contributed by atoms with Crippen LogP contribution >= 0.6 is 0 Å². The monoisotopic (exact) mass is 198 g/mol. The smallest absolute Gasteiger partial charge is 0.356 e. The van der Waals surface area contributed by atoms with E-state index in [4.69, 9.17) is 4.74 Å². The molecule has 1 aromatic rings. The summed E-state index contributed by atoms with van der Waals surface area (Å²) in [5.41, 5.74) is 0.395. The largest absolute Gasteiger partial charge is 0.455 e. The van der Waals surface area contributed by atoms with Gasteiger partial charge in [0.25, 0.3) is 0 Å². The Kier molecular flexibility index (Phi) is 3.24. The van der Waals surface area contributed by atoms with Gasteiger partial charge in [-0.3, -0.25) is 0 Å². The standard InChI is InChI=1S/C9H15N3O2/c1-12(2,3)4-5-14-9(13)8-6-10-7-11-8/h6-7H,4-5H2,1-3H3/p+1. The number of esters is 1. The first-order valence-electron chi connectivity index (χ1n) is 4.45. The van der Waals surface area contributed by atoms with E-state index in [2.05, 4.69) is 9.97 Å². The van der Waals surface area contributed by atoms with Crippen LogP contribution in [-0.4, -0.2) is 54.7 Å². The molecular weight excluding hydrogens is 182 g/mol. The fraction of sp³-hybridized carbons (Fsp3) is 0.556. The Bertz CT molecular complexity index is 288. The fourth-order valence-corrected chi connectivity index (χ4v) is 0.857. The van der Waals surface area contributed by atoms with Gasteiger partial charge in [0.2, 0.25) is 0 Å². The van der Waals surface area contributed by atoms with Crippen LogP contribution in [0.1, 0.15) is 10.5 Å². The molecule has 0 radical (unpaired) electrons. The molecule has 0 saturated carbocycles. The van der Waals surface area contributed by atoms with Gasteiger partial charge in [-0.15, -0.1) is 0 Å². The summed E-state index contributed by atoms with van der Waals surface area (Å²) < 4.78 is 5.81. The number of nitrogens with zero attached hydrogens (tertiary/aromatic N) is 2. The van der Waals surface area contributed by atoms with Crippen molar-refractivity contribution in [3.63, 3.8) is 0 Å². The average molecular weight is 198 g/mol. The van der Waals surface area contributed by atoms with Gasteiger partial charge in [-0.2, -0.15) is 0 Å². The Hall–Kier alpha value is -1.36. The molecule has 0 atom stereocenters. The maximum Gasteiger partial charge on any atom is 0.356 e. The number of aromatic nitrogens is 2. The quantitative estimate of drug-likeness (QED) is 0.558. The molecule has 0 spiro atoms. The molecule has 0 amide bonds. The van der Waals surface area contributed by atoms with E-state index in [0.717, 1.165) is 11.0 Å². The van der Waals surface area contributed by atoms with Gasteiger partial charge in [-0.05, 0) is 0 Å². The number of carbonyl (C=O) groups excluding carboxylic acids is 1. The van der Waals surface area contributed by atoms with Crippen molar-refractivity contribution in [1.82, 2.24) is 9.97 Å². The minimum Gasteiger partial charge on any atom is -0.455 e. The maximum absolute atomic E-state index is 11.3. The molecule has 1 aromatic heterocycles. The van der Waals surface area contributed by atoms with Crippen molar-refractivity contribution in [3.05, 3.63) is 18.2 Å². The number of hydrogen-bond donors (Lipinski definition) is 1. The Balaban J connectivity index is 2.30. The van der Waals surface area contributed by atoms with E-state index in [9.17, 15) is 4.79 Å². The molecule has 0 saturated heterocycles. The van der Waals surface area contributed by atoms with E-state index >= 15 is 0 Å². The molecule has 0 unspecified atom stereocenters. The average Bonchev–Trinajstić information content (AvgIpc) is 2.53. The zero-order valence-electron chi connectivity index (χ0n) is 8.78. The van der Waals surface area contributed by atoms with Crippen LogP contribution in [0.2, 0.25) is 0 Å². The van der Waals surface area contributed by atoms with Crippen LogP contribution in [-0.2, 0) is 4.74 Å². The molecule has 0 aliphatic carbocycles. The number of carbonyl (C=O) groups is 1. The van der Waals surface area contributed by atoms with Crippen LogP contribution in [0.25, 0.3) is 0 Å². The highest BCUT2D eigenvalue weighted by atomic mass is 16.5. The van der Waals surface area contributed by atoms with E-state index in [-0.39, 0.29) is 5.97 Å². The molecule has 5 nitrogen and oxygen atoms in total. The van der Waals surface area contributed by atoms with Gasteiger partial charge in [0, 0.05) is 0 Å². The van der Waals surface area contributed by atoms with Gasteiger partial charge >= 0.3 is 5.97 Å². The van der Waals surface area contributed by atoms with E-state index < -0.39 is 0 Å². The molecule has 0 fully saturated rings. The molecule has 0 aromatic carbocycles. The molecule has 0 bridgehead atoms. The third kappa shape index (κ3) is 3.57. The second-order valence-corrected chi connectivity index (χ2v) is 4.12. The van der Waals surface area contributed by atoms with E-state index in [1.165, 1.54) is 12.5 Å². The van der Waals surface area contributed by atoms with Gasteiger partial charge in [0.1, 0.15) is 18.8 Å². The summed E-state index contributed by atoms with van der Waals surface area (Å²) in [7, 11) is 6.14. The topological polar surface area (TPSA) is 55.0 Å². The summed E-state index contributed by atoms with van der Waals surface area (Å²) in [5.74, 6) is -0.351. The number of imidazole rings is 1. The highest BCUT2D eigenvalue weighted by Crippen LogP contribution is 1.96. The Morgan fingerprint density at radius 3 is 2.79 bits per heavy atom. The first-order valence-corrected chi connectivity index (χ1v) is 4.45. The van der Waals surface area contributed by atoms with Crippen molar-refractivity contribution in [2.75, 3.05) is 34.3 Å². The van der Waals surface area contributed by atoms with Crippen LogP contribution in [0.15, 0.2) is 12.5 Å². The lowest BCUT2D eigenvalue weighted by molar-refractivity contribution is -0.870. The van der Waals surface area contributed by atoms with Crippen LogP contribution < -0.4 is 0 Å². The molecule has 14 heavy (non-hydrogen) atoms. The SMILES string of the molecule is C[N+](C)(C)CCOC(=O)c1cnc[nH]1. The van der Waals surface area contributed by atoms with Gasteiger partial charge in [0.15, 0.2) is 0 Å². The second kappa shape index (κ2) is 4.23. The lowest BCUT2D eigenvalue weighted by Crippen LogP contribution is -2.38. The fourth-order valence-electron chi connectivity index (χ4n) is 0.857. The number of H-pyrrole nitrogens is 1. The molecule has 0 aliphatic rings. The first kappa shape index (κ1) is 10.7. The Morgan fingerprint density at radius 1 is 1.57 bits per heavy atom. The number of likely N-dealkylation sites (N-methyl/N-ethyl adjacent to an activating group) is 1. The summed E-state index contributed by atoms with van der Waals surface area (Å²) in [6.45, 7) is 1.21. The highest BCUT2D eigenvalue weighted by Gasteiger charge is 2.11. The molecule has 1 N–H and O–H groups in total. The number of quaternary nitrogens is 1. The van der Waals surface area contributed by atoms with Crippen LogP contribution in [0.4, 0.5) is 0 Å². The normalized spacial score (nSPS) is 11.4. The molecule has 0 aliphatic heterocycles. The summed E-state index contributed by atoms with van der Waals surface area (Å²) in [5, 5.41) is 0. The summed E-state index contributed by atoms with van der Waals surface area (Å²) >= 11 is 0. The number of aromatic amines is 1. The predicted molar refractivity (Wildman–Crippen MR) is 51.8 cm³/mol. The molecular formula is C9H16N3O2+. The number of nitrogens with one attached hydrogen (secondary N) is 1. The van der Waals surface area contributed by atoms with Crippen LogP contribution in [0, 0.1) is 0 Å². The van der Waals surface area contributed by atoms with Crippen molar-refractivity contribution in [3.8, 4) is 0 Å². The lowest BCUT2D eigenvalue weighted by Gasteiger charge is -2.23. The molecule has 1 heterocycles. The molecule has 5 heteroatoms. The lowest BCUT2D eigenvalue weighted by atomic mass is 10.5. The minimum atomic E-state index is -0.351. The van der Waals surface area contributed by atoms with E-state index in [1.54, 1.807) is 0 Å². The zero-order valence-corrected chi connectivity index (χ0v) is 8.78. The van der Waals surface area contributed by atoms with Gasteiger partial charge in [-0.1, -0.05) is 0 Å². The first-order chi connectivity index (χ1) is 6.49. The summed E-state index contributed by atoms with van der Waals surface area (Å²) in [6, 6.07) is 0. The molecule has 78 valence electrons. The number of ether oxygens (including phenoxy) is 1. The van der Waals surface area contributed by atoms with Crippen molar-refractivity contribution in [2.24, 2.45) is 0 Å². The third-order valence-corrected chi connectivity index (χ3v) is 1.71. The van der Waals surface area contributed by atoms with Crippen molar-refractivity contribution >= 4 is 5.97 Å². The Labute approximate surface area is 83.3 Å². The van der Waals surface area contributed by atoms with Gasteiger partial charge < -0.3 is 14.2 Å². The minimum absolute atomic E-state index is 0.351. The number of hydrogen-bond acceptors (Lipinski definition) is 3. The second-order valence-electron chi connectivity index (χ2n) is 4.12. The highest BCUT2D eigenvalue weighted by molar-refractivity contribution is 5.86. The zero-order chi connectivity index (χ0) is 10.6.